The van der Waals surface area contributed by atoms with E-state index in [-0.39, 0.29) is 5.41 Å². The minimum atomic E-state index is 0.262. The van der Waals surface area contributed by atoms with E-state index in [1.54, 1.807) is 0 Å². The molecule has 1 nitrogen and oxygen atoms in total. The van der Waals surface area contributed by atoms with Gasteiger partial charge >= 0.3 is 0 Å². The Labute approximate surface area is 302 Å². The lowest BCUT2D eigenvalue weighted by atomic mass is 9.80. The van der Waals surface area contributed by atoms with Crippen LogP contribution >= 0.6 is 0 Å². The van der Waals surface area contributed by atoms with Crippen LogP contribution in [-0.4, -0.2) is 6.54 Å². The lowest BCUT2D eigenvalue weighted by Gasteiger charge is -2.27. The van der Waals surface area contributed by atoms with E-state index in [1.807, 2.05) is 27.7 Å². The molecular formula is C47H79N. The molecule has 1 aromatic rings. The number of rotatable bonds is 12. The summed E-state index contributed by atoms with van der Waals surface area (Å²) in [6.07, 6.45) is 35.6. The van der Waals surface area contributed by atoms with Gasteiger partial charge in [0.15, 0.2) is 0 Å². The standard InChI is InChI=1S/C31H45N.C7H10.C3H8.2C2H6.C2H4/c1-7-15-28(31(5,6)8-2)18-14-17-26(3)16-12-13-25-32(29-19-10-9-11-20-29)30-23-21-27(4)22-24-30;1-7-5-3-2-4-6-7;1-3-2;3*1-2/h7,9-10,12-13,15,18-19,21-24,26H,8,11,14,16-17,20,25H2,1-6H3;2-3,5H,4,6H2,1H3;3H2,1-2H3;2*1-2H3;1-2H2/b13-12-,15-7-,28-18+;;;;;. The molecule has 1 heteroatoms. The van der Waals surface area contributed by atoms with E-state index in [0.717, 1.165) is 32.2 Å². The molecule has 0 radical (unpaired) electrons. The Balaban J connectivity index is -0.00000105. The third kappa shape index (κ3) is 24.1. The number of aryl methyl sites for hydroxylation is 1. The molecule has 2 aliphatic rings. The van der Waals surface area contributed by atoms with Gasteiger partial charge in [0.1, 0.15) is 0 Å². The van der Waals surface area contributed by atoms with E-state index >= 15 is 0 Å². The van der Waals surface area contributed by atoms with Crippen molar-refractivity contribution in [3.05, 3.63) is 127 Å². The van der Waals surface area contributed by atoms with Crippen LogP contribution in [0.25, 0.3) is 0 Å². The number of allylic oxidation sites excluding steroid dienone is 13. The van der Waals surface area contributed by atoms with Crippen molar-refractivity contribution in [1.82, 2.24) is 0 Å². The minimum Gasteiger partial charge on any atom is -0.341 e. The molecule has 3 rings (SSSR count). The van der Waals surface area contributed by atoms with E-state index in [0.29, 0.717) is 5.92 Å². The van der Waals surface area contributed by atoms with Crippen LogP contribution in [0.2, 0.25) is 0 Å². The third-order valence-electron chi connectivity index (χ3n) is 7.93. The molecule has 0 heterocycles. The molecule has 0 amide bonds. The summed E-state index contributed by atoms with van der Waals surface area (Å²) in [7, 11) is 0. The van der Waals surface area contributed by atoms with Crippen LogP contribution in [0.4, 0.5) is 5.69 Å². The number of nitrogens with zero attached hydrogens (tertiary/aromatic N) is 1. The van der Waals surface area contributed by atoms with Crippen molar-refractivity contribution in [2.24, 2.45) is 11.3 Å². The highest BCUT2D eigenvalue weighted by molar-refractivity contribution is 5.54. The largest absolute Gasteiger partial charge is 0.341 e. The van der Waals surface area contributed by atoms with Gasteiger partial charge in [0, 0.05) is 17.9 Å². The van der Waals surface area contributed by atoms with Crippen LogP contribution in [-0.2, 0) is 0 Å². The summed E-state index contributed by atoms with van der Waals surface area (Å²) in [6, 6.07) is 8.92. The van der Waals surface area contributed by atoms with E-state index in [1.165, 1.54) is 60.2 Å². The summed E-state index contributed by atoms with van der Waals surface area (Å²) in [5, 5.41) is 0. The monoisotopic (exact) mass is 658 g/mol. The average Bonchev–Trinajstić information content (AvgIpc) is 3.12. The smallest absolute Gasteiger partial charge is 0.0411 e. The molecule has 0 aromatic heterocycles. The zero-order valence-corrected chi connectivity index (χ0v) is 34.2. The Kier molecular flexibility index (Phi) is 34.8. The van der Waals surface area contributed by atoms with Gasteiger partial charge in [0.05, 0.1) is 0 Å². The fourth-order valence-corrected chi connectivity index (χ4v) is 4.75. The highest BCUT2D eigenvalue weighted by Crippen LogP contribution is 2.32. The Morgan fingerprint density at radius 1 is 0.875 bits per heavy atom. The summed E-state index contributed by atoms with van der Waals surface area (Å²) in [5.41, 5.74) is 7.25. The summed E-state index contributed by atoms with van der Waals surface area (Å²) in [4.78, 5) is 2.46. The summed E-state index contributed by atoms with van der Waals surface area (Å²) >= 11 is 0. The summed E-state index contributed by atoms with van der Waals surface area (Å²) in [5.74, 6) is 0.698. The Morgan fingerprint density at radius 3 is 1.88 bits per heavy atom. The highest BCUT2D eigenvalue weighted by atomic mass is 15.1. The van der Waals surface area contributed by atoms with Crippen LogP contribution in [0.5, 0.6) is 0 Å². The molecule has 272 valence electrons. The molecule has 2 aliphatic carbocycles. The molecule has 1 aromatic carbocycles. The lowest BCUT2D eigenvalue weighted by molar-refractivity contribution is 0.436. The highest BCUT2D eigenvalue weighted by Gasteiger charge is 2.18. The minimum absolute atomic E-state index is 0.262. The van der Waals surface area contributed by atoms with Crippen molar-refractivity contribution < 1.29 is 0 Å². The van der Waals surface area contributed by atoms with Crippen LogP contribution in [0, 0.1) is 18.3 Å². The first-order valence-corrected chi connectivity index (χ1v) is 19.2. The lowest BCUT2D eigenvalue weighted by Crippen LogP contribution is -2.23. The number of benzene rings is 1. The molecule has 0 spiro atoms. The molecule has 0 saturated heterocycles. The van der Waals surface area contributed by atoms with Gasteiger partial charge in [0.25, 0.3) is 0 Å². The van der Waals surface area contributed by atoms with E-state index < -0.39 is 0 Å². The predicted molar refractivity (Wildman–Crippen MR) is 226 cm³/mol. The molecule has 0 N–H and O–H groups in total. The number of hydrogen-bond donors (Lipinski definition) is 0. The van der Waals surface area contributed by atoms with Crippen molar-refractivity contribution in [3.63, 3.8) is 0 Å². The molecule has 1 atom stereocenters. The molecule has 0 saturated carbocycles. The SMILES string of the molecule is C/C=C\C(=C/CCC(C)C/C=C\CN(C1=CC=CCC1)c1ccc(C)cc1)C(C)(C)CC.C=C.CC.CC.CC1=CC=CCC1.CCC. The Hall–Kier alpha value is -3.06. The van der Waals surface area contributed by atoms with Gasteiger partial charge in [-0.05, 0) is 107 Å². The van der Waals surface area contributed by atoms with Gasteiger partial charge in [-0.3, -0.25) is 0 Å². The maximum absolute atomic E-state index is 3.00. The van der Waals surface area contributed by atoms with Crippen molar-refractivity contribution in [3.8, 4) is 0 Å². The van der Waals surface area contributed by atoms with Crippen LogP contribution in [0.15, 0.2) is 121 Å². The summed E-state index contributed by atoms with van der Waals surface area (Å²) in [6.45, 7) is 35.0. The van der Waals surface area contributed by atoms with E-state index in [2.05, 4.69) is 171 Å². The number of anilines is 1. The molecule has 0 bridgehead atoms. The maximum atomic E-state index is 3.00. The molecule has 1 unspecified atom stereocenters. The average molecular weight is 658 g/mol. The van der Waals surface area contributed by atoms with Crippen molar-refractivity contribution in [1.29, 1.82) is 0 Å². The van der Waals surface area contributed by atoms with Gasteiger partial charge in [-0.25, -0.2) is 0 Å². The van der Waals surface area contributed by atoms with Gasteiger partial charge in [-0.1, -0.05) is 160 Å². The van der Waals surface area contributed by atoms with Crippen molar-refractivity contribution in [2.75, 3.05) is 11.4 Å². The first-order chi connectivity index (χ1) is 23.2. The van der Waals surface area contributed by atoms with E-state index in [4.69, 9.17) is 0 Å². The Morgan fingerprint density at radius 2 is 1.44 bits per heavy atom. The second kappa shape index (κ2) is 33.8. The first kappa shape index (κ1) is 49.3. The molecule has 0 fully saturated rings. The molecular weight excluding hydrogens is 579 g/mol. The van der Waals surface area contributed by atoms with Crippen LogP contribution in [0.1, 0.15) is 146 Å². The normalized spacial score (nSPS) is 14.2. The fraction of sp³-hybridized carbons (Fsp3) is 0.532. The second-order valence-corrected chi connectivity index (χ2v) is 12.5. The third-order valence-corrected chi connectivity index (χ3v) is 7.93. The van der Waals surface area contributed by atoms with Gasteiger partial charge in [-0.2, -0.15) is 0 Å². The van der Waals surface area contributed by atoms with Gasteiger partial charge in [0.2, 0.25) is 0 Å². The maximum Gasteiger partial charge on any atom is 0.0411 e. The zero-order valence-electron chi connectivity index (χ0n) is 34.2. The second-order valence-electron chi connectivity index (χ2n) is 12.5. The first-order valence-electron chi connectivity index (χ1n) is 19.2. The zero-order chi connectivity index (χ0) is 37.2. The molecule has 0 aliphatic heterocycles. The fourth-order valence-electron chi connectivity index (χ4n) is 4.75. The quantitative estimate of drug-likeness (QED) is 0.160. The van der Waals surface area contributed by atoms with Crippen LogP contribution < -0.4 is 4.90 Å². The topological polar surface area (TPSA) is 3.24 Å². The number of hydrogen-bond acceptors (Lipinski definition) is 1. The van der Waals surface area contributed by atoms with Crippen molar-refractivity contribution >= 4 is 5.69 Å². The van der Waals surface area contributed by atoms with E-state index in [9.17, 15) is 0 Å². The molecule has 48 heavy (non-hydrogen) atoms. The van der Waals surface area contributed by atoms with Crippen LogP contribution in [0.3, 0.4) is 0 Å². The Bertz CT molecular complexity index is 1080. The predicted octanol–water partition coefficient (Wildman–Crippen LogP) is 15.9. The summed E-state index contributed by atoms with van der Waals surface area (Å²) < 4.78 is 0. The van der Waals surface area contributed by atoms with Crippen molar-refractivity contribution in [2.45, 2.75) is 148 Å². The van der Waals surface area contributed by atoms with Gasteiger partial charge < -0.3 is 4.90 Å². The van der Waals surface area contributed by atoms with Gasteiger partial charge in [-0.15, -0.1) is 13.2 Å².